The summed E-state index contributed by atoms with van der Waals surface area (Å²) in [6.45, 7) is 36.9. The largest absolute Gasteiger partial charge is 0.0649 e. The van der Waals surface area contributed by atoms with Gasteiger partial charge in [0, 0.05) is 0 Å². The van der Waals surface area contributed by atoms with E-state index in [9.17, 15) is 0 Å². The summed E-state index contributed by atoms with van der Waals surface area (Å²) in [4.78, 5) is 0. The Morgan fingerprint density at radius 1 is 0.280 bits per heavy atom. The van der Waals surface area contributed by atoms with Gasteiger partial charge in [-0.3, -0.25) is 0 Å². The van der Waals surface area contributed by atoms with Crippen LogP contribution in [0.4, 0.5) is 0 Å². The zero-order valence-corrected chi connectivity index (χ0v) is 70.7. The van der Waals surface area contributed by atoms with Gasteiger partial charge in [-0.2, -0.15) is 0 Å². The molecule has 3 spiro atoms. The third-order valence-electron chi connectivity index (χ3n) is 38.9. The number of fused-ring (bicyclic) bond motifs is 12. The van der Waals surface area contributed by atoms with Crippen molar-refractivity contribution in [3.63, 3.8) is 0 Å². The van der Waals surface area contributed by atoms with Crippen molar-refractivity contribution in [2.24, 2.45) is 168 Å². The van der Waals surface area contributed by atoms with E-state index in [1.807, 2.05) is 0 Å². The minimum Gasteiger partial charge on any atom is -0.0649 e. The van der Waals surface area contributed by atoms with Gasteiger partial charge in [-0.1, -0.05) is 194 Å². The second-order valence-electron chi connectivity index (χ2n) is 46.8. The molecule has 26 saturated carbocycles. The Hall–Kier alpha value is 0. The van der Waals surface area contributed by atoms with E-state index in [0.717, 1.165) is 157 Å². The summed E-state index contributed by atoms with van der Waals surface area (Å²) in [5.41, 5.74) is 6.17. The monoisotopic (exact) mass is 1380 g/mol. The molecular weight excluding hydrogens is 1200 g/mol. The van der Waals surface area contributed by atoms with Gasteiger partial charge in [0.25, 0.3) is 0 Å². The molecule has 26 aliphatic carbocycles. The van der Waals surface area contributed by atoms with Crippen molar-refractivity contribution in [2.45, 2.75) is 463 Å². The molecule has 0 aliphatic heterocycles. The fourth-order valence-corrected chi connectivity index (χ4v) is 30.7. The van der Waals surface area contributed by atoms with E-state index < -0.39 is 0 Å². The van der Waals surface area contributed by atoms with E-state index in [-0.39, 0.29) is 0 Å². The van der Waals surface area contributed by atoms with Gasteiger partial charge >= 0.3 is 0 Å². The Balaban J connectivity index is 0.000000107. The summed E-state index contributed by atoms with van der Waals surface area (Å²) in [5.74, 6) is 22.7. The van der Waals surface area contributed by atoms with E-state index in [2.05, 4.69) is 104 Å². The predicted molar refractivity (Wildman–Crippen MR) is 436 cm³/mol. The number of hydrogen-bond donors (Lipinski definition) is 0. The lowest BCUT2D eigenvalue weighted by atomic mass is 9.49. The number of hydrogen-bond acceptors (Lipinski definition) is 0. The van der Waals surface area contributed by atoms with E-state index in [4.69, 9.17) is 0 Å². The minimum absolute atomic E-state index is 0.647. The third kappa shape index (κ3) is 20.1. The van der Waals surface area contributed by atoms with Gasteiger partial charge in [0.15, 0.2) is 0 Å². The maximum atomic E-state index is 2.54. The van der Waals surface area contributed by atoms with Crippen LogP contribution in [0.5, 0.6) is 0 Å². The first-order valence-corrected chi connectivity index (χ1v) is 47.6. The Labute approximate surface area is 627 Å². The molecule has 5 atom stereocenters. The van der Waals surface area contributed by atoms with E-state index in [0.29, 0.717) is 10.8 Å². The minimum atomic E-state index is 0.647. The van der Waals surface area contributed by atoms with Crippen LogP contribution in [-0.2, 0) is 0 Å². The molecule has 5 unspecified atom stereocenters. The fourth-order valence-electron chi connectivity index (χ4n) is 30.7. The molecule has 0 aromatic heterocycles. The molecule has 0 heteroatoms. The molecule has 26 aliphatic rings. The van der Waals surface area contributed by atoms with Crippen LogP contribution in [0.25, 0.3) is 0 Å². The fraction of sp³-hybridized carbons (Fsp3) is 1.00. The van der Waals surface area contributed by atoms with Crippen LogP contribution in [0.3, 0.4) is 0 Å². The highest BCUT2D eigenvalue weighted by Gasteiger charge is 2.52. The maximum absolute atomic E-state index is 2.54. The van der Waals surface area contributed by atoms with Crippen molar-refractivity contribution in [3.8, 4) is 0 Å². The van der Waals surface area contributed by atoms with Gasteiger partial charge < -0.3 is 0 Å². The quantitative estimate of drug-likeness (QED) is 0.245. The zero-order valence-electron chi connectivity index (χ0n) is 70.7. The van der Waals surface area contributed by atoms with Crippen LogP contribution in [0.1, 0.15) is 463 Å². The van der Waals surface area contributed by atoms with Crippen LogP contribution < -0.4 is 0 Å². The molecule has 26 fully saturated rings. The van der Waals surface area contributed by atoms with Gasteiger partial charge in [0.05, 0.1) is 0 Å². The average molecular weight is 1380 g/mol. The number of rotatable bonds is 1. The Kier molecular flexibility index (Phi) is 27.1. The SMILES string of the molecule is CC12CC3CC(CC(C3)C1)C2.CC1C2CCC(CC2)C1(C)C.CC1C2CCC(CC2)C1C.CC1CC2CCC1(C)CC2.CC1CC2CCC1CC2.CC1CCC2(CC1)CCC(C)(C)CC2.CC1CCC2(CCCC2)CC1.CC1CCC2(CCCCC2)CC1.CCC12CC3CC(CC(C3)C1)C2. The first kappa shape index (κ1) is 79.5. The molecule has 0 heterocycles. The van der Waals surface area contributed by atoms with Gasteiger partial charge in [-0.25, -0.2) is 0 Å². The zero-order chi connectivity index (χ0) is 70.7. The standard InChI is InChI=1S/C14H26.C12H20.C12H22.C11H18.2C11H20.2C10H18.C9H16/c1-12-4-6-14(7-5-12)10-8-13(2,3)9-11-14;1-2-12-6-9-3-10(7-12)5-11(4-9)8-12;1-11-5-9-12(10-6-11)7-3-2-4-8-12;1-11-5-8-2-9(6-11)4-10(3-8)7-11;1-8-9-4-6-10(7-5-9)11(8,2)3;1-10-4-8-11(9-5-10)6-2-3-7-11;1-8-7-9-3-5-10(8,2)6-4-9;1-7-8(2)10-5-3-9(7)4-6-10;1-7-6-8-2-4-9(7)5-3-8/h12H,4-11H2,1-3H3;9-11H,2-8H2,1H3;11H,2-10H2,1H3;8-10H,2-7H2,1H3;8-10H,4-7H2,1-3H3;10H,2-9H2,1H3;8-9H,3-7H2,1-2H3;7-10H,3-6H2,1-2H3;7-9H,2-6H2,1H3. The first-order valence-electron chi connectivity index (χ1n) is 47.6. The molecule has 100 heavy (non-hydrogen) atoms. The molecule has 578 valence electrons. The van der Waals surface area contributed by atoms with Crippen molar-refractivity contribution in [1.29, 1.82) is 0 Å². The highest BCUT2D eigenvalue weighted by atomic mass is 14.6. The van der Waals surface area contributed by atoms with Crippen LogP contribution in [-0.4, -0.2) is 0 Å². The molecule has 26 rings (SSSR count). The predicted octanol–water partition coefficient (Wildman–Crippen LogP) is 32.1. The summed E-state index contributed by atoms with van der Waals surface area (Å²) in [5, 5.41) is 0. The summed E-state index contributed by atoms with van der Waals surface area (Å²) >= 11 is 0. The molecule has 0 amide bonds. The smallest absolute Gasteiger partial charge is 0.0292 e. The third-order valence-corrected chi connectivity index (χ3v) is 38.9. The Morgan fingerprint density at radius 2 is 0.630 bits per heavy atom. The van der Waals surface area contributed by atoms with Crippen LogP contribution in [0.2, 0.25) is 0 Å². The van der Waals surface area contributed by atoms with Crippen molar-refractivity contribution in [2.75, 3.05) is 0 Å². The van der Waals surface area contributed by atoms with Crippen molar-refractivity contribution in [1.82, 2.24) is 0 Å². The van der Waals surface area contributed by atoms with Crippen LogP contribution in [0, 0.1) is 168 Å². The highest BCUT2D eigenvalue weighted by Crippen LogP contribution is 2.63. The lowest BCUT2D eigenvalue weighted by molar-refractivity contribution is -0.0545. The van der Waals surface area contributed by atoms with E-state index in [1.54, 1.807) is 161 Å². The maximum Gasteiger partial charge on any atom is -0.0292 e. The topological polar surface area (TPSA) is 0 Å². The summed E-state index contributed by atoms with van der Waals surface area (Å²) < 4.78 is 0. The molecule has 0 aromatic carbocycles. The second kappa shape index (κ2) is 34.1. The van der Waals surface area contributed by atoms with Gasteiger partial charge in [-0.05, 0) is 437 Å². The van der Waals surface area contributed by atoms with E-state index >= 15 is 0 Å². The van der Waals surface area contributed by atoms with Crippen LogP contribution in [0.15, 0.2) is 0 Å². The van der Waals surface area contributed by atoms with Crippen molar-refractivity contribution >= 4 is 0 Å². The van der Waals surface area contributed by atoms with Crippen molar-refractivity contribution < 1.29 is 0 Å². The van der Waals surface area contributed by atoms with Crippen molar-refractivity contribution in [3.05, 3.63) is 0 Å². The van der Waals surface area contributed by atoms with Gasteiger partial charge in [0.2, 0.25) is 0 Å². The van der Waals surface area contributed by atoms with E-state index in [1.165, 1.54) is 199 Å². The summed E-state index contributed by atoms with van der Waals surface area (Å²) in [6, 6.07) is 0. The highest BCUT2D eigenvalue weighted by molar-refractivity contribution is 5.03. The molecule has 16 bridgehead atoms. The molecule has 0 nitrogen and oxygen atoms in total. The molecule has 0 radical (unpaired) electrons. The van der Waals surface area contributed by atoms with Gasteiger partial charge in [0.1, 0.15) is 0 Å². The summed E-state index contributed by atoms with van der Waals surface area (Å²) in [6.07, 6.45) is 86.2. The molecule has 0 saturated heterocycles. The van der Waals surface area contributed by atoms with Gasteiger partial charge in [-0.15, -0.1) is 0 Å². The second-order valence-corrected chi connectivity index (χ2v) is 46.8. The molecule has 0 aromatic rings. The lowest BCUT2D eigenvalue weighted by Gasteiger charge is -2.56. The first-order chi connectivity index (χ1) is 47.6. The summed E-state index contributed by atoms with van der Waals surface area (Å²) in [7, 11) is 0. The molecular formula is C100H178. The Morgan fingerprint density at radius 3 is 0.910 bits per heavy atom. The normalized spacial score (nSPS) is 45.4. The average Bonchev–Trinajstić information content (AvgIpc) is 0.944. The molecule has 0 N–H and O–H groups in total. The van der Waals surface area contributed by atoms with Crippen LogP contribution >= 0.6 is 0 Å². The Bertz CT molecular complexity index is 2260. The lowest BCUT2D eigenvalue weighted by Crippen LogP contribution is -2.45.